The van der Waals surface area contributed by atoms with Crippen LogP contribution in [0.5, 0.6) is 5.75 Å². The summed E-state index contributed by atoms with van der Waals surface area (Å²) < 4.78 is 30.2. The molecule has 0 bridgehead atoms. The third-order valence-corrected chi connectivity index (χ3v) is 5.06. The maximum atomic E-state index is 12.5. The summed E-state index contributed by atoms with van der Waals surface area (Å²) >= 11 is 7.61. The van der Waals surface area contributed by atoms with Crippen LogP contribution in [0.25, 0.3) is 0 Å². The second kappa shape index (κ2) is 7.57. The van der Waals surface area contributed by atoms with Crippen molar-refractivity contribution >= 4 is 22.9 Å². The molecule has 1 atom stereocenters. The van der Waals surface area contributed by atoms with Crippen LogP contribution in [0.15, 0.2) is 36.4 Å². The maximum Gasteiger partial charge on any atom is 0.387 e. The van der Waals surface area contributed by atoms with Crippen LogP contribution in [-0.4, -0.2) is 37.7 Å². The van der Waals surface area contributed by atoms with Crippen LogP contribution in [0.2, 0.25) is 4.34 Å². The molecule has 23 heavy (non-hydrogen) atoms. The minimum atomic E-state index is -2.82. The summed E-state index contributed by atoms with van der Waals surface area (Å²) in [4.78, 5) is 3.44. The SMILES string of the molecule is FC(F)Oc1cccc([C@@H](c2ccc(Cl)s2)N2CCNCC2)c1. The second-order valence-corrected chi connectivity index (χ2v) is 7.03. The quantitative estimate of drug-likeness (QED) is 0.874. The molecular weight excluding hydrogens is 342 g/mol. The lowest BCUT2D eigenvalue weighted by atomic mass is 10.0. The number of thiophene rings is 1. The number of piperazine rings is 1. The van der Waals surface area contributed by atoms with Gasteiger partial charge < -0.3 is 10.1 Å². The van der Waals surface area contributed by atoms with E-state index < -0.39 is 6.61 Å². The zero-order valence-electron chi connectivity index (χ0n) is 12.3. The van der Waals surface area contributed by atoms with Crippen molar-refractivity contribution in [2.24, 2.45) is 0 Å². The van der Waals surface area contributed by atoms with Crippen molar-refractivity contribution in [2.75, 3.05) is 26.2 Å². The van der Waals surface area contributed by atoms with Crippen molar-refractivity contribution in [1.82, 2.24) is 10.2 Å². The lowest BCUT2D eigenvalue weighted by Crippen LogP contribution is -2.45. The number of benzene rings is 1. The normalized spacial score (nSPS) is 17.4. The fourth-order valence-corrected chi connectivity index (χ4v) is 4.06. The molecule has 1 aromatic carbocycles. The van der Waals surface area contributed by atoms with Crippen molar-refractivity contribution < 1.29 is 13.5 Å². The number of rotatable bonds is 5. The Bertz CT molecular complexity index is 647. The van der Waals surface area contributed by atoms with Gasteiger partial charge in [0.1, 0.15) is 5.75 Å². The molecule has 0 saturated carbocycles. The summed E-state index contributed by atoms with van der Waals surface area (Å²) in [5.41, 5.74) is 0.934. The molecule has 1 saturated heterocycles. The molecule has 0 spiro atoms. The van der Waals surface area contributed by atoms with E-state index in [1.54, 1.807) is 18.2 Å². The molecule has 1 aliphatic heterocycles. The van der Waals surface area contributed by atoms with Crippen LogP contribution in [0, 0.1) is 0 Å². The van der Waals surface area contributed by atoms with Crippen molar-refractivity contribution in [3.8, 4) is 5.75 Å². The molecule has 3 nitrogen and oxygen atoms in total. The van der Waals surface area contributed by atoms with Crippen LogP contribution < -0.4 is 10.1 Å². The summed E-state index contributed by atoms with van der Waals surface area (Å²) in [5, 5.41) is 3.33. The van der Waals surface area contributed by atoms with Crippen molar-refractivity contribution in [1.29, 1.82) is 0 Å². The number of hydrogen-bond donors (Lipinski definition) is 1. The van der Waals surface area contributed by atoms with Crippen LogP contribution in [0.1, 0.15) is 16.5 Å². The number of halogens is 3. The van der Waals surface area contributed by atoms with Gasteiger partial charge in [-0.15, -0.1) is 11.3 Å². The zero-order chi connectivity index (χ0) is 16.2. The highest BCUT2D eigenvalue weighted by Gasteiger charge is 2.25. The fraction of sp³-hybridized carbons (Fsp3) is 0.375. The Morgan fingerprint density at radius 1 is 1.17 bits per heavy atom. The van der Waals surface area contributed by atoms with E-state index in [9.17, 15) is 8.78 Å². The molecule has 1 aliphatic rings. The first-order valence-corrected chi connectivity index (χ1v) is 8.58. The van der Waals surface area contributed by atoms with E-state index in [1.165, 1.54) is 11.3 Å². The van der Waals surface area contributed by atoms with Gasteiger partial charge in [-0.25, -0.2) is 0 Å². The van der Waals surface area contributed by atoms with Gasteiger partial charge in [0.15, 0.2) is 0 Å². The summed E-state index contributed by atoms with van der Waals surface area (Å²) in [6, 6.07) is 10.8. The standard InChI is InChI=1S/C16H17ClF2N2OS/c17-14-5-4-13(23-14)15(21-8-6-20-7-9-21)11-2-1-3-12(10-11)22-16(18)19/h1-5,10,15-16,20H,6-9H2/t15-/m0/s1. The lowest BCUT2D eigenvalue weighted by molar-refractivity contribution is -0.0499. The number of alkyl halides is 2. The molecule has 1 aromatic heterocycles. The molecule has 7 heteroatoms. The predicted octanol–water partition coefficient (Wildman–Crippen LogP) is 4.00. The summed E-state index contributed by atoms with van der Waals surface area (Å²) in [5.74, 6) is 0.181. The maximum absolute atomic E-state index is 12.5. The number of hydrogen-bond acceptors (Lipinski definition) is 4. The van der Waals surface area contributed by atoms with Gasteiger partial charge in [-0.3, -0.25) is 4.90 Å². The predicted molar refractivity (Wildman–Crippen MR) is 88.7 cm³/mol. The van der Waals surface area contributed by atoms with Crippen LogP contribution >= 0.6 is 22.9 Å². The molecule has 1 N–H and O–H groups in total. The Morgan fingerprint density at radius 2 is 1.96 bits per heavy atom. The number of nitrogens with zero attached hydrogens (tertiary/aromatic N) is 1. The molecule has 1 fully saturated rings. The van der Waals surface area contributed by atoms with Crippen molar-refractivity contribution in [3.05, 3.63) is 51.2 Å². The Labute approximate surface area is 142 Å². The number of nitrogens with one attached hydrogen (secondary N) is 1. The van der Waals surface area contributed by atoms with Crippen molar-refractivity contribution in [2.45, 2.75) is 12.7 Å². The van der Waals surface area contributed by atoms with E-state index >= 15 is 0 Å². The monoisotopic (exact) mass is 358 g/mol. The lowest BCUT2D eigenvalue weighted by Gasteiger charge is -2.34. The Morgan fingerprint density at radius 3 is 2.61 bits per heavy atom. The highest BCUT2D eigenvalue weighted by atomic mass is 35.5. The molecular formula is C16H17ClF2N2OS. The van der Waals surface area contributed by atoms with E-state index in [0.29, 0.717) is 0 Å². The zero-order valence-corrected chi connectivity index (χ0v) is 13.9. The molecule has 2 heterocycles. The first kappa shape index (κ1) is 16.6. The van der Waals surface area contributed by atoms with Gasteiger partial charge in [0.05, 0.1) is 10.4 Å². The Hall–Kier alpha value is -1.21. The van der Waals surface area contributed by atoms with Gasteiger partial charge in [0.25, 0.3) is 0 Å². The van der Waals surface area contributed by atoms with Crippen LogP contribution in [0.4, 0.5) is 8.78 Å². The largest absolute Gasteiger partial charge is 0.435 e. The highest BCUT2D eigenvalue weighted by molar-refractivity contribution is 7.16. The molecule has 2 aromatic rings. The van der Waals surface area contributed by atoms with Crippen molar-refractivity contribution in [3.63, 3.8) is 0 Å². The fourth-order valence-electron chi connectivity index (χ4n) is 2.83. The van der Waals surface area contributed by atoms with Gasteiger partial charge >= 0.3 is 6.61 Å². The summed E-state index contributed by atoms with van der Waals surface area (Å²) in [7, 11) is 0. The summed E-state index contributed by atoms with van der Waals surface area (Å²) in [6.45, 7) is 0.769. The third kappa shape index (κ3) is 4.20. The Balaban J connectivity index is 1.94. The number of ether oxygens (including phenoxy) is 1. The Kier molecular flexibility index (Phi) is 5.48. The van der Waals surface area contributed by atoms with Gasteiger partial charge in [-0.1, -0.05) is 23.7 Å². The molecule has 3 rings (SSSR count). The molecule has 0 radical (unpaired) electrons. The van der Waals surface area contributed by atoms with Gasteiger partial charge in [-0.2, -0.15) is 8.78 Å². The first-order valence-electron chi connectivity index (χ1n) is 7.38. The van der Waals surface area contributed by atoms with Crippen LogP contribution in [0.3, 0.4) is 0 Å². The molecule has 0 aliphatic carbocycles. The van der Waals surface area contributed by atoms with Crippen LogP contribution in [-0.2, 0) is 0 Å². The smallest absolute Gasteiger partial charge is 0.387 e. The third-order valence-electron chi connectivity index (χ3n) is 3.78. The van der Waals surface area contributed by atoms with Gasteiger partial charge in [0.2, 0.25) is 0 Å². The average Bonchev–Trinajstić information content (AvgIpc) is 2.94. The first-order chi connectivity index (χ1) is 11.1. The minimum absolute atomic E-state index is 0.00387. The van der Waals surface area contributed by atoms with Gasteiger partial charge in [-0.05, 0) is 29.8 Å². The molecule has 0 unspecified atom stereocenters. The highest BCUT2D eigenvalue weighted by Crippen LogP contribution is 2.36. The molecule has 124 valence electrons. The van der Waals surface area contributed by atoms with E-state index in [4.69, 9.17) is 11.6 Å². The minimum Gasteiger partial charge on any atom is -0.435 e. The van der Waals surface area contributed by atoms with E-state index in [-0.39, 0.29) is 11.8 Å². The van der Waals surface area contributed by atoms with Gasteiger partial charge in [0, 0.05) is 31.1 Å². The van der Waals surface area contributed by atoms with E-state index in [2.05, 4.69) is 15.0 Å². The van der Waals surface area contributed by atoms with E-state index in [0.717, 1.165) is 41.0 Å². The summed E-state index contributed by atoms with van der Waals surface area (Å²) in [6.07, 6.45) is 0. The molecule has 0 amide bonds. The second-order valence-electron chi connectivity index (χ2n) is 5.28. The topological polar surface area (TPSA) is 24.5 Å². The van der Waals surface area contributed by atoms with E-state index in [1.807, 2.05) is 18.2 Å². The average molecular weight is 359 g/mol.